The summed E-state index contributed by atoms with van der Waals surface area (Å²) in [7, 11) is 0. The van der Waals surface area contributed by atoms with Crippen LogP contribution in [-0.2, 0) is 0 Å². The van der Waals surface area contributed by atoms with E-state index in [4.69, 9.17) is 15.0 Å². The zero-order valence-electron chi connectivity index (χ0n) is 27.0. The number of hydrogen-bond acceptors (Lipinski definition) is 3. The van der Waals surface area contributed by atoms with E-state index in [2.05, 4.69) is 137 Å². The Kier molecular flexibility index (Phi) is 6.42. The summed E-state index contributed by atoms with van der Waals surface area (Å²) in [5.74, 6) is 0.586. The predicted molar refractivity (Wildman–Crippen MR) is 205 cm³/mol. The first-order valence-electron chi connectivity index (χ1n) is 16.8. The van der Waals surface area contributed by atoms with Gasteiger partial charge in [0.2, 0.25) is 5.95 Å². The minimum Gasteiger partial charge on any atom is -0.309 e. The van der Waals surface area contributed by atoms with Crippen molar-refractivity contribution in [1.82, 2.24) is 24.1 Å². The Labute approximate surface area is 288 Å². The van der Waals surface area contributed by atoms with Crippen molar-refractivity contribution in [3.05, 3.63) is 176 Å². The second kappa shape index (κ2) is 11.4. The summed E-state index contributed by atoms with van der Waals surface area (Å²) in [5.41, 5.74) is 11.4. The number of para-hydroxylation sites is 3. The molecule has 0 aliphatic rings. The van der Waals surface area contributed by atoms with E-state index < -0.39 is 0 Å². The molecule has 0 aliphatic carbocycles. The summed E-state index contributed by atoms with van der Waals surface area (Å²) in [6.07, 6.45) is 1.84. The van der Waals surface area contributed by atoms with Gasteiger partial charge in [-0.15, -0.1) is 0 Å². The summed E-state index contributed by atoms with van der Waals surface area (Å²) in [6.45, 7) is 0. The van der Waals surface area contributed by atoms with Gasteiger partial charge in [0, 0.05) is 50.1 Å². The standard InChI is InChI=1S/C45H29N5/c1-4-14-30(15-5-1)39-29-40(31-16-6-2-7-17-31)48-45(47-39)50-42-26-25-32(28-38(42)37-23-13-27-46-44(37)50)34-21-12-22-36-35-20-10-11-24-41(35)49(43(34)36)33-18-8-3-9-19-33/h1-29H. The van der Waals surface area contributed by atoms with Gasteiger partial charge >= 0.3 is 0 Å². The predicted octanol–water partition coefficient (Wildman–Crippen LogP) is 11.1. The maximum atomic E-state index is 5.17. The highest BCUT2D eigenvalue weighted by Crippen LogP contribution is 2.40. The van der Waals surface area contributed by atoms with Crippen molar-refractivity contribution in [3.63, 3.8) is 0 Å². The third-order valence-corrected chi connectivity index (χ3v) is 9.60. The van der Waals surface area contributed by atoms with Crippen molar-refractivity contribution in [1.29, 1.82) is 0 Å². The molecule has 6 aromatic carbocycles. The molecule has 10 rings (SSSR count). The van der Waals surface area contributed by atoms with Gasteiger partial charge < -0.3 is 4.57 Å². The Morgan fingerprint density at radius 2 is 1.02 bits per heavy atom. The Balaban J connectivity index is 1.23. The molecule has 0 amide bonds. The molecule has 0 fully saturated rings. The second-order valence-corrected chi connectivity index (χ2v) is 12.5. The van der Waals surface area contributed by atoms with Crippen molar-refractivity contribution in [2.45, 2.75) is 0 Å². The van der Waals surface area contributed by atoms with Gasteiger partial charge in [0.1, 0.15) is 5.65 Å². The summed E-state index contributed by atoms with van der Waals surface area (Å²) in [6, 6.07) is 59.4. The monoisotopic (exact) mass is 639 g/mol. The van der Waals surface area contributed by atoms with Crippen LogP contribution in [-0.4, -0.2) is 24.1 Å². The van der Waals surface area contributed by atoms with E-state index in [1.165, 1.54) is 27.4 Å². The Hall–Kier alpha value is -6.85. The fraction of sp³-hybridized carbons (Fsp3) is 0. The molecule has 5 nitrogen and oxygen atoms in total. The lowest BCUT2D eigenvalue weighted by atomic mass is 10.00. The summed E-state index contributed by atoms with van der Waals surface area (Å²) < 4.78 is 4.50. The van der Waals surface area contributed by atoms with E-state index in [0.717, 1.165) is 55.7 Å². The maximum absolute atomic E-state index is 5.17. The lowest BCUT2D eigenvalue weighted by Crippen LogP contribution is -2.04. The van der Waals surface area contributed by atoms with Crippen molar-refractivity contribution in [2.75, 3.05) is 0 Å². The fourth-order valence-electron chi connectivity index (χ4n) is 7.36. The van der Waals surface area contributed by atoms with Crippen LogP contribution in [0.15, 0.2) is 176 Å². The quantitative estimate of drug-likeness (QED) is 0.188. The summed E-state index contributed by atoms with van der Waals surface area (Å²) in [5, 5.41) is 4.61. The van der Waals surface area contributed by atoms with Crippen LogP contribution in [0.5, 0.6) is 0 Å². The van der Waals surface area contributed by atoms with E-state index in [1.807, 2.05) is 48.7 Å². The number of nitrogens with zero attached hydrogens (tertiary/aromatic N) is 5. The second-order valence-electron chi connectivity index (χ2n) is 12.5. The van der Waals surface area contributed by atoms with Crippen molar-refractivity contribution >= 4 is 43.7 Å². The Morgan fingerprint density at radius 1 is 0.400 bits per heavy atom. The smallest absolute Gasteiger partial charge is 0.237 e. The molecule has 4 heterocycles. The highest BCUT2D eigenvalue weighted by Gasteiger charge is 2.20. The third-order valence-electron chi connectivity index (χ3n) is 9.60. The van der Waals surface area contributed by atoms with E-state index in [1.54, 1.807) is 0 Å². The zero-order valence-corrected chi connectivity index (χ0v) is 27.0. The van der Waals surface area contributed by atoms with Crippen LogP contribution in [0.4, 0.5) is 0 Å². The van der Waals surface area contributed by atoms with E-state index in [-0.39, 0.29) is 0 Å². The zero-order chi connectivity index (χ0) is 33.0. The first-order valence-corrected chi connectivity index (χ1v) is 16.8. The minimum atomic E-state index is 0.586. The van der Waals surface area contributed by atoms with E-state index >= 15 is 0 Å². The van der Waals surface area contributed by atoms with Crippen LogP contribution in [0.1, 0.15) is 0 Å². The van der Waals surface area contributed by atoms with Crippen molar-refractivity contribution in [2.24, 2.45) is 0 Å². The highest BCUT2D eigenvalue weighted by atomic mass is 15.2. The number of benzene rings is 6. The molecule has 0 spiro atoms. The molecule has 50 heavy (non-hydrogen) atoms. The minimum absolute atomic E-state index is 0.586. The Bertz CT molecular complexity index is 2800. The van der Waals surface area contributed by atoms with Crippen LogP contribution >= 0.6 is 0 Å². The average molecular weight is 640 g/mol. The number of hydrogen-bond donors (Lipinski definition) is 0. The van der Waals surface area contributed by atoms with Crippen molar-refractivity contribution < 1.29 is 0 Å². The molecule has 0 aliphatic heterocycles. The van der Waals surface area contributed by atoms with Gasteiger partial charge in [-0.2, -0.15) is 0 Å². The molecule has 0 atom stereocenters. The van der Waals surface area contributed by atoms with Crippen molar-refractivity contribution in [3.8, 4) is 45.3 Å². The lowest BCUT2D eigenvalue weighted by Gasteiger charge is -2.13. The topological polar surface area (TPSA) is 48.5 Å². The lowest BCUT2D eigenvalue weighted by molar-refractivity contribution is 0.982. The molecule has 0 N–H and O–H groups in total. The number of pyridine rings is 1. The molecule has 4 aromatic heterocycles. The molecule has 0 radical (unpaired) electrons. The highest BCUT2D eigenvalue weighted by molar-refractivity contribution is 6.15. The van der Waals surface area contributed by atoms with Crippen LogP contribution in [0.3, 0.4) is 0 Å². The summed E-state index contributed by atoms with van der Waals surface area (Å²) >= 11 is 0. The first kappa shape index (κ1) is 28.2. The van der Waals surface area contributed by atoms with E-state index in [9.17, 15) is 0 Å². The maximum Gasteiger partial charge on any atom is 0.237 e. The van der Waals surface area contributed by atoms with Gasteiger partial charge in [0.05, 0.1) is 27.9 Å². The largest absolute Gasteiger partial charge is 0.309 e. The Morgan fingerprint density at radius 3 is 1.76 bits per heavy atom. The van der Waals surface area contributed by atoms with Gasteiger partial charge in [0.15, 0.2) is 0 Å². The first-order chi connectivity index (χ1) is 24.8. The molecule has 0 bridgehead atoms. The van der Waals surface area contributed by atoms with Gasteiger partial charge in [0.25, 0.3) is 0 Å². The summed E-state index contributed by atoms with van der Waals surface area (Å²) in [4.78, 5) is 15.3. The SMILES string of the molecule is c1ccc(-c2cc(-c3ccccc3)nc(-n3c4ccc(-c5cccc6c7ccccc7n(-c7ccccc7)c56)cc4c4cccnc43)n2)cc1. The fourth-order valence-corrected chi connectivity index (χ4v) is 7.36. The number of fused-ring (bicyclic) bond motifs is 6. The molecule has 234 valence electrons. The molecular formula is C45H29N5. The van der Waals surface area contributed by atoms with Crippen LogP contribution in [0.2, 0.25) is 0 Å². The van der Waals surface area contributed by atoms with Crippen LogP contribution in [0, 0.1) is 0 Å². The molecule has 10 aromatic rings. The molecule has 0 unspecified atom stereocenters. The van der Waals surface area contributed by atoms with Crippen LogP contribution in [0.25, 0.3) is 89.0 Å². The third kappa shape index (κ3) is 4.45. The average Bonchev–Trinajstić information content (AvgIpc) is 3.71. The number of aromatic nitrogens is 5. The number of rotatable bonds is 5. The normalized spacial score (nSPS) is 11.6. The molecular weight excluding hydrogens is 611 g/mol. The van der Waals surface area contributed by atoms with Gasteiger partial charge in [-0.25, -0.2) is 15.0 Å². The van der Waals surface area contributed by atoms with Gasteiger partial charge in [-0.1, -0.05) is 121 Å². The molecule has 0 saturated carbocycles. The van der Waals surface area contributed by atoms with E-state index in [0.29, 0.717) is 5.95 Å². The van der Waals surface area contributed by atoms with Gasteiger partial charge in [-0.05, 0) is 54.1 Å². The molecule has 0 saturated heterocycles. The molecule has 5 heteroatoms. The van der Waals surface area contributed by atoms with Crippen LogP contribution < -0.4 is 0 Å². The van der Waals surface area contributed by atoms with Gasteiger partial charge in [-0.3, -0.25) is 4.57 Å².